The van der Waals surface area contributed by atoms with Gasteiger partial charge in [-0.25, -0.2) is 19.2 Å². The Morgan fingerprint density at radius 3 is 1.13 bits per heavy atom. The summed E-state index contributed by atoms with van der Waals surface area (Å²) in [6, 6.07) is 29.8. The number of hydrogen-bond acceptors (Lipinski definition) is 10. The van der Waals surface area contributed by atoms with Crippen LogP contribution < -0.4 is 28.4 Å². The molecule has 0 spiro atoms. The molecule has 5 aromatic carbocycles. The van der Waals surface area contributed by atoms with Gasteiger partial charge in [0.1, 0.15) is 34.5 Å². The lowest BCUT2D eigenvalue weighted by atomic mass is 10.2. The highest BCUT2D eigenvalue weighted by atomic mass is 79.9. The van der Waals surface area contributed by atoms with E-state index in [2.05, 4.69) is 29.8 Å². The van der Waals surface area contributed by atoms with Crippen LogP contribution >= 0.6 is 15.9 Å². The summed E-state index contributed by atoms with van der Waals surface area (Å²) in [4.78, 5) is 51.2. The Labute approximate surface area is 328 Å². The Morgan fingerprint density at radius 1 is 0.418 bits per heavy atom. The summed E-state index contributed by atoms with van der Waals surface area (Å²) in [6.45, 7) is 5.49. The van der Waals surface area contributed by atoms with Gasteiger partial charge in [0.05, 0.1) is 39.9 Å². The third kappa shape index (κ3) is 12.3. The quantitative estimate of drug-likeness (QED) is 0.0480. The molecule has 0 amide bonds. The van der Waals surface area contributed by atoms with E-state index in [0.29, 0.717) is 40.3 Å². The van der Waals surface area contributed by atoms with Crippen molar-refractivity contribution in [1.82, 2.24) is 0 Å². The fraction of sp³-hybridized carbons (Fsp3) is 0.227. The molecular formula is C44H41BrO10. The number of carbonyl (C=O) groups excluding carboxylic acids is 4. The number of hydrogen-bond donors (Lipinski definition) is 0. The molecule has 0 heterocycles. The van der Waals surface area contributed by atoms with E-state index < -0.39 is 23.9 Å². The molecule has 0 aromatic heterocycles. The van der Waals surface area contributed by atoms with E-state index in [1.54, 1.807) is 54.6 Å². The third-order valence-corrected chi connectivity index (χ3v) is 8.79. The molecule has 0 bridgehead atoms. The van der Waals surface area contributed by atoms with Gasteiger partial charge >= 0.3 is 23.9 Å². The van der Waals surface area contributed by atoms with Gasteiger partial charge in [0.15, 0.2) is 0 Å². The Kier molecular flexibility index (Phi) is 15.0. The van der Waals surface area contributed by atoms with Crippen molar-refractivity contribution in [2.45, 2.75) is 52.4 Å². The van der Waals surface area contributed by atoms with Crippen LogP contribution in [0.4, 0.5) is 0 Å². The number of halogens is 1. The first-order chi connectivity index (χ1) is 26.7. The van der Waals surface area contributed by atoms with E-state index in [4.69, 9.17) is 28.4 Å². The molecule has 0 aliphatic heterocycles. The summed E-state index contributed by atoms with van der Waals surface area (Å²) in [5.41, 5.74) is 1.11. The Bertz CT molecular complexity index is 2040. The van der Waals surface area contributed by atoms with Crippen molar-refractivity contribution in [3.05, 3.63) is 142 Å². The third-order valence-electron chi connectivity index (χ3n) is 8.13. The molecule has 0 unspecified atom stereocenters. The topological polar surface area (TPSA) is 124 Å². The van der Waals surface area contributed by atoms with Crippen LogP contribution in [0.5, 0.6) is 34.5 Å². The molecule has 0 aliphatic carbocycles. The fourth-order valence-corrected chi connectivity index (χ4v) is 5.39. The molecule has 5 rings (SSSR count). The van der Waals surface area contributed by atoms with Crippen LogP contribution in [0.3, 0.4) is 0 Å². The molecule has 0 N–H and O–H groups in total. The predicted molar refractivity (Wildman–Crippen MR) is 210 cm³/mol. The van der Waals surface area contributed by atoms with Crippen LogP contribution in [0.15, 0.2) is 120 Å². The van der Waals surface area contributed by atoms with Crippen LogP contribution in [-0.4, -0.2) is 37.1 Å². The average Bonchev–Trinajstić information content (AvgIpc) is 3.20. The van der Waals surface area contributed by atoms with Crippen molar-refractivity contribution in [1.29, 1.82) is 0 Å². The van der Waals surface area contributed by atoms with Gasteiger partial charge in [0.2, 0.25) is 0 Å². The lowest BCUT2D eigenvalue weighted by Gasteiger charge is -2.10. The van der Waals surface area contributed by atoms with Crippen LogP contribution in [-0.2, 0) is 0 Å². The van der Waals surface area contributed by atoms with Crippen molar-refractivity contribution in [3.8, 4) is 34.5 Å². The minimum atomic E-state index is -0.687. The number of rotatable bonds is 18. The van der Waals surface area contributed by atoms with Gasteiger partial charge in [0, 0.05) is 6.07 Å². The maximum atomic E-state index is 13.0. The summed E-state index contributed by atoms with van der Waals surface area (Å²) in [7, 11) is 0. The van der Waals surface area contributed by atoms with Crippen molar-refractivity contribution >= 4 is 39.8 Å². The zero-order valence-corrected chi connectivity index (χ0v) is 32.2. The van der Waals surface area contributed by atoms with Gasteiger partial charge in [-0.15, -0.1) is 0 Å². The van der Waals surface area contributed by atoms with E-state index >= 15 is 0 Å². The zero-order chi connectivity index (χ0) is 39.0. The van der Waals surface area contributed by atoms with E-state index in [-0.39, 0.29) is 34.1 Å². The van der Waals surface area contributed by atoms with Gasteiger partial charge < -0.3 is 28.4 Å². The number of ether oxygens (including phenoxy) is 6. The first-order valence-electron chi connectivity index (χ1n) is 18.1. The predicted octanol–water partition coefficient (Wildman–Crippen LogP) is 10.5. The SMILES string of the molecule is CCCCCOc1ccc(C(=O)Oc2ccc(C(=O)Oc3ccc(Br)c(OC(=O)c4ccc(OC(=O)c5ccc(OCCCCC)cc5)cc4)c3)cc2)cc1. The van der Waals surface area contributed by atoms with Crippen LogP contribution in [0.1, 0.15) is 93.8 Å². The first kappa shape index (κ1) is 40.2. The minimum Gasteiger partial charge on any atom is -0.494 e. The second kappa shape index (κ2) is 20.5. The Balaban J connectivity index is 1.10. The van der Waals surface area contributed by atoms with Gasteiger partial charge in [0.25, 0.3) is 0 Å². The van der Waals surface area contributed by atoms with Crippen LogP contribution in [0, 0.1) is 0 Å². The van der Waals surface area contributed by atoms with Gasteiger partial charge in [-0.1, -0.05) is 39.5 Å². The molecule has 0 saturated heterocycles. The molecule has 5 aromatic rings. The average molecular weight is 810 g/mol. The van der Waals surface area contributed by atoms with Crippen molar-refractivity contribution < 1.29 is 47.6 Å². The summed E-state index contributed by atoms with van der Waals surface area (Å²) in [5, 5.41) is 0. The molecule has 0 atom stereocenters. The van der Waals surface area contributed by atoms with E-state index in [1.807, 2.05) is 0 Å². The van der Waals surface area contributed by atoms with Gasteiger partial charge in [-0.2, -0.15) is 0 Å². The summed E-state index contributed by atoms with van der Waals surface area (Å²) >= 11 is 3.36. The fourth-order valence-electron chi connectivity index (χ4n) is 5.06. The van der Waals surface area contributed by atoms with Crippen molar-refractivity contribution in [2.24, 2.45) is 0 Å². The second-order valence-corrected chi connectivity index (χ2v) is 13.2. The monoisotopic (exact) mass is 808 g/mol. The highest BCUT2D eigenvalue weighted by molar-refractivity contribution is 9.10. The minimum absolute atomic E-state index is 0.113. The smallest absolute Gasteiger partial charge is 0.343 e. The largest absolute Gasteiger partial charge is 0.494 e. The second-order valence-electron chi connectivity index (χ2n) is 12.4. The lowest BCUT2D eigenvalue weighted by molar-refractivity contribution is 0.0722. The summed E-state index contributed by atoms with van der Waals surface area (Å²) < 4.78 is 33.8. The van der Waals surface area contributed by atoms with Gasteiger partial charge in [-0.3, -0.25) is 0 Å². The molecular weight excluding hydrogens is 768 g/mol. The van der Waals surface area contributed by atoms with Crippen molar-refractivity contribution in [2.75, 3.05) is 13.2 Å². The Hall–Kier alpha value is -5.94. The number of benzene rings is 5. The maximum absolute atomic E-state index is 13.0. The molecule has 284 valence electrons. The lowest BCUT2D eigenvalue weighted by Crippen LogP contribution is -2.11. The molecule has 0 saturated carbocycles. The van der Waals surface area contributed by atoms with E-state index in [1.165, 1.54) is 60.7 Å². The summed E-state index contributed by atoms with van der Waals surface area (Å²) in [5.74, 6) is -0.370. The standard InChI is InChI=1S/C44H41BrO10/c1-3-5-7-27-50-34-17-9-30(10-18-34)41(46)52-36-21-13-32(14-22-36)43(48)54-38-25-26-39(45)40(29-38)55-44(49)33-15-23-37(24-16-33)53-42(47)31-11-19-35(20-12-31)51-28-8-6-4-2/h9-26,29H,3-8,27-28H2,1-2H3. The molecule has 0 radical (unpaired) electrons. The zero-order valence-electron chi connectivity index (χ0n) is 30.6. The molecule has 0 fully saturated rings. The number of unbranched alkanes of at least 4 members (excludes halogenated alkanes) is 4. The molecule has 11 heteroatoms. The van der Waals surface area contributed by atoms with Gasteiger partial charge in [-0.05, 0) is 138 Å². The summed E-state index contributed by atoms with van der Waals surface area (Å²) in [6.07, 6.45) is 6.34. The molecule has 10 nitrogen and oxygen atoms in total. The number of carbonyl (C=O) groups is 4. The number of esters is 4. The molecule has 55 heavy (non-hydrogen) atoms. The normalized spacial score (nSPS) is 10.6. The van der Waals surface area contributed by atoms with Crippen LogP contribution in [0.2, 0.25) is 0 Å². The highest BCUT2D eigenvalue weighted by Crippen LogP contribution is 2.31. The molecule has 0 aliphatic rings. The maximum Gasteiger partial charge on any atom is 0.343 e. The van der Waals surface area contributed by atoms with E-state index in [9.17, 15) is 19.2 Å². The Morgan fingerprint density at radius 2 is 0.745 bits per heavy atom. The van der Waals surface area contributed by atoms with E-state index in [0.717, 1.165) is 38.5 Å². The van der Waals surface area contributed by atoms with Crippen LogP contribution in [0.25, 0.3) is 0 Å². The van der Waals surface area contributed by atoms with Crippen molar-refractivity contribution in [3.63, 3.8) is 0 Å². The first-order valence-corrected chi connectivity index (χ1v) is 18.9. The highest BCUT2D eigenvalue weighted by Gasteiger charge is 2.17.